The highest BCUT2D eigenvalue weighted by Crippen LogP contribution is 2.17. The molecule has 0 aliphatic rings. The molecule has 1 aromatic heterocycles. The molecule has 0 aliphatic heterocycles. The van der Waals surface area contributed by atoms with Crippen molar-refractivity contribution >= 4 is 26.7 Å². The molecule has 1 aromatic carbocycles. The van der Waals surface area contributed by atoms with Crippen molar-refractivity contribution in [2.24, 2.45) is 5.73 Å². The number of hydrogen-bond donors (Lipinski definition) is 1. The van der Waals surface area contributed by atoms with E-state index in [0.717, 1.165) is 15.2 Å². The maximum absolute atomic E-state index is 12.2. The van der Waals surface area contributed by atoms with Crippen molar-refractivity contribution in [3.8, 4) is 0 Å². The van der Waals surface area contributed by atoms with Crippen molar-refractivity contribution in [3.05, 3.63) is 45.3 Å². The molecule has 0 bridgehead atoms. The van der Waals surface area contributed by atoms with Gasteiger partial charge in [-0.25, -0.2) is 0 Å². The number of nitrogens with two attached hydrogens (primary N) is 1. The third-order valence-corrected chi connectivity index (χ3v) is 3.01. The Hall–Kier alpha value is -1.13. The summed E-state index contributed by atoms with van der Waals surface area (Å²) >= 11 is 3.40. The molecule has 90 valence electrons. The normalized spacial score (nSPS) is 12.0. The minimum atomic E-state index is -0.396. The number of fused-ring (bicyclic) bond motifs is 1. The van der Waals surface area contributed by atoms with E-state index in [2.05, 4.69) is 15.9 Å². The summed E-state index contributed by atoms with van der Waals surface area (Å²) in [5.41, 5.74) is 5.55. The van der Waals surface area contributed by atoms with Crippen molar-refractivity contribution < 1.29 is 0 Å². The first-order valence-electron chi connectivity index (χ1n) is 5.44. The Kier molecular flexibility index (Phi) is 3.10. The second-order valence-electron chi connectivity index (χ2n) is 4.97. The molecule has 0 spiro atoms. The molecule has 2 aromatic rings. The molecule has 0 amide bonds. The molecule has 4 heteroatoms. The van der Waals surface area contributed by atoms with Crippen molar-refractivity contribution in [2.45, 2.75) is 25.9 Å². The van der Waals surface area contributed by atoms with Crippen molar-refractivity contribution in [2.75, 3.05) is 0 Å². The lowest BCUT2D eigenvalue weighted by Crippen LogP contribution is -2.40. The van der Waals surface area contributed by atoms with E-state index in [1.807, 2.05) is 38.1 Å². The van der Waals surface area contributed by atoms with Crippen molar-refractivity contribution in [1.82, 2.24) is 4.57 Å². The lowest BCUT2D eigenvalue weighted by atomic mass is 10.1. The molecule has 0 aliphatic carbocycles. The monoisotopic (exact) mass is 294 g/mol. The Balaban J connectivity index is 2.59. The SMILES string of the molecule is CC(C)(N)Cn1ccc2cc(Br)ccc2c1=O. The number of pyridine rings is 1. The maximum atomic E-state index is 12.2. The fraction of sp³-hybridized carbons (Fsp3) is 0.308. The number of rotatable bonds is 2. The van der Waals surface area contributed by atoms with Gasteiger partial charge in [-0.05, 0) is 43.5 Å². The zero-order chi connectivity index (χ0) is 12.6. The second kappa shape index (κ2) is 4.27. The molecule has 0 atom stereocenters. The average Bonchev–Trinajstić information content (AvgIpc) is 2.20. The summed E-state index contributed by atoms with van der Waals surface area (Å²) in [6.45, 7) is 4.33. The van der Waals surface area contributed by atoms with Gasteiger partial charge in [0.1, 0.15) is 0 Å². The first kappa shape index (κ1) is 12.3. The Bertz CT molecular complexity index is 611. The summed E-state index contributed by atoms with van der Waals surface area (Å²) < 4.78 is 2.64. The molecule has 1 heterocycles. The topological polar surface area (TPSA) is 48.0 Å². The van der Waals surface area contributed by atoms with Gasteiger partial charge >= 0.3 is 0 Å². The van der Waals surface area contributed by atoms with Crippen LogP contribution >= 0.6 is 15.9 Å². The minimum Gasteiger partial charge on any atom is -0.324 e. The van der Waals surface area contributed by atoms with Crippen molar-refractivity contribution in [1.29, 1.82) is 0 Å². The minimum absolute atomic E-state index is 0.00789. The summed E-state index contributed by atoms with van der Waals surface area (Å²) in [6, 6.07) is 7.59. The van der Waals surface area contributed by atoms with E-state index >= 15 is 0 Å². The van der Waals surface area contributed by atoms with Crippen LogP contribution in [0.15, 0.2) is 39.7 Å². The standard InChI is InChI=1S/C13H15BrN2O/c1-13(2,15)8-16-6-5-9-7-10(14)3-4-11(9)12(16)17/h3-7H,8,15H2,1-2H3. The average molecular weight is 295 g/mol. The van der Waals surface area contributed by atoms with Crippen LogP contribution in [0, 0.1) is 0 Å². The molecule has 0 fully saturated rings. The molecule has 0 saturated carbocycles. The van der Waals surface area contributed by atoms with Gasteiger partial charge in [-0.2, -0.15) is 0 Å². The number of aromatic nitrogens is 1. The number of halogens is 1. The van der Waals surface area contributed by atoms with Gasteiger partial charge in [-0.15, -0.1) is 0 Å². The van der Waals surface area contributed by atoms with Gasteiger partial charge in [0.05, 0.1) is 0 Å². The first-order chi connectivity index (χ1) is 7.87. The van der Waals surface area contributed by atoms with Crippen LogP contribution < -0.4 is 11.3 Å². The second-order valence-corrected chi connectivity index (χ2v) is 5.88. The smallest absolute Gasteiger partial charge is 0.258 e. The molecule has 17 heavy (non-hydrogen) atoms. The van der Waals surface area contributed by atoms with Crippen LogP contribution in [0.5, 0.6) is 0 Å². The third kappa shape index (κ3) is 2.76. The Labute approximate surface area is 108 Å². The van der Waals surface area contributed by atoms with Crippen molar-refractivity contribution in [3.63, 3.8) is 0 Å². The van der Waals surface area contributed by atoms with Gasteiger partial charge in [-0.1, -0.05) is 15.9 Å². The lowest BCUT2D eigenvalue weighted by Gasteiger charge is -2.20. The van der Waals surface area contributed by atoms with E-state index in [0.29, 0.717) is 6.54 Å². The number of hydrogen-bond acceptors (Lipinski definition) is 2. The zero-order valence-corrected chi connectivity index (χ0v) is 11.5. The van der Waals surface area contributed by atoms with Crippen LogP contribution in [-0.2, 0) is 6.54 Å². The number of benzene rings is 1. The van der Waals surface area contributed by atoms with E-state index < -0.39 is 5.54 Å². The summed E-state index contributed by atoms with van der Waals surface area (Å²) in [7, 11) is 0. The molecule has 3 nitrogen and oxygen atoms in total. The van der Waals surface area contributed by atoms with Crippen LogP contribution in [0.2, 0.25) is 0 Å². The van der Waals surface area contributed by atoms with Gasteiger partial charge in [-0.3, -0.25) is 4.79 Å². The predicted molar refractivity (Wildman–Crippen MR) is 74.2 cm³/mol. The molecular weight excluding hydrogens is 280 g/mol. The van der Waals surface area contributed by atoms with Gasteiger partial charge < -0.3 is 10.3 Å². The molecule has 2 rings (SSSR count). The zero-order valence-electron chi connectivity index (χ0n) is 9.90. The van der Waals surface area contributed by atoms with Gasteiger partial charge in [0.25, 0.3) is 5.56 Å². The highest BCUT2D eigenvalue weighted by Gasteiger charge is 2.13. The van der Waals surface area contributed by atoms with Gasteiger partial charge in [0.2, 0.25) is 0 Å². The summed E-state index contributed by atoms with van der Waals surface area (Å²) in [6.07, 6.45) is 1.80. The lowest BCUT2D eigenvalue weighted by molar-refractivity contribution is 0.428. The molecule has 0 radical (unpaired) electrons. The third-order valence-electron chi connectivity index (χ3n) is 2.52. The largest absolute Gasteiger partial charge is 0.324 e. The maximum Gasteiger partial charge on any atom is 0.258 e. The Morgan fingerprint density at radius 2 is 2.06 bits per heavy atom. The predicted octanol–water partition coefficient (Wildman–Crippen LogP) is 2.50. The van der Waals surface area contributed by atoms with E-state index in [1.54, 1.807) is 10.8 Å². The molecule has 0 saturated heterocycles. The van der Waals surface area contributed by atoms with E-state index in [1.165, 1.54) is 0 Å². The molecule has 2 N–H and O–H groups in total. The quantitative estimate of drug-likeness (QED) is 0.925. The molecule has 0 unspecified atom stereocenters. The highest BCUT2D eigenvalue weighted by atomic mass is 79.9. The van der Waals surface area contributed by atoms with Crippen LogP contribution in [0.3, 0.4) is 0 Å². The van der Waals surface area contributed by atoms with E-state index in [-0.39, 0.29) is 5.56 Å². The van der Waals surface area contributed by atoms with Crippen LogP contribution in [0.1, 0.15) is 13.8 Å². The fourth-order valence-electron chi connectivity index (χ4n) is 1.82. The Morgan fingerprint density at radius 1 is 1.35 bits per heavy atom. The summed E-state index contributed by atoms with van der Waals surface area (Å²) in [5, 5.41) is 1.66. The summed E-state index contributed by atoms with van der Waals surface area (Å²) in [4.78, 5) is 12.2. The highest BCUT2D eigenvalue weighted by molar-refractivity contribution is 9.10. The van der Waals surface area contributed by atoms with Gasteiger partial charge in [0, 0.05) is 28.1 Å². The Morgan fingerprint density at radius 3 is 2.71 bits per heavy atom. The first-order valence-corrected chi connectivity index (χ1v) is 6.24. The van der Waals surface area contributed by atoms with Crippen LogP contribution in [0.4, 0.5) is 0 Å². The van der Waals surface area contributed by atoms with Gasteiger partial charge in [0.15, 0.2) is 0 Å². The fourth-order valence-corrected chi connectivity index (χ4v) is 2.20. The molecular formula is C13H15BrN2O. The van der Waals surface area contributed by atoms with E-state index in [4.69, 9.17) is 5.73 Å². The van der Waals surface area contributed by atoms with E-state index in [9.17, 15) is 4.79 Å². The number of nitrogens with zero attached hydrogens (tertiary/aromatic N) is 1. The van der Waals surface area contributed by atoms with Crippen LogP contribution in [-0.4, -0.2) is 10.1 Å². The summed E-state index contributed by atoms with van der Waals surface area (Å²) in [5.74, 6) is 0. The van der Waals surface area contributed by atoms with Crippen LogP contribution in [0.25, 0.3) is 10.8 Å².